The highest BCUT2D eigenvalue weighted by Gasteiger charge is 2.34. The highest BCUT2D eigenvalue weighted by Crippen LogP contribution is 2.29. The minimum Gasteiger partial charge on any atom is -0.352 e. The molecule has 0 saturated carbocycles. The molecule has 9 heteroatoms. The van der Waals surface area contributed by atoms with Gasteiger partial charge in [-0.3, -0.25) is 13.9 Å². The van der Waals surface area contributed by atoms with Gasteiger partial charge in [0.1, 0.15) is 12.6 Å². The van der Waals surface area contributed by atoms with Crippen molar-refractivity contribution in [3.8, 4) is 0 Å². The first kappa shape index (κ1) is 31.2. The van der Waals surface area contributed by atoms with E-state index in [4.69, 9.17) is 11.6 Å². The van der Waals surface area contributed by atoms with Crippen molar-refractivity contribution in [3.05, 3.63) is 94.0 Å². The first-order valence-electron chi connectivity index (χ1n) is 13.3. The quantitative estimate of drug-likeness (QED) is 0.309. The third-order valence-electron chi connectivity index (χ3n) is 6.75. The molecule has 40 heavy (non-hydrogen) atoms. The molecule has 0 spiro atoms. The van der Waals surface area contributed by atoms with Crippen LogP contribution in [0.25, 0.3) is 0 Å². The van der Waals surface area contributed by atoms with Crippen LogP contribution in [-0.2, 0) is 26.2 Å². The van der Waals surface area contributed by atoms with E-state index in [1.807, 2.05) is 65.8 Å². The number of halogens is 1. The lowest BCUT2D eigenvalue weighted by Crippen LogP contribution is -2.53. The first-order valence-corrected chi connectivity index (χ1v) is 15.2. The van der Waals surface area contributed by atoms with E-state index in [2.05, 4.69) is 5.32 Å². The minimum absolute atomic E-state index is 0.0534. The van der Waals surface area contributed by atoms with Gasteiger partial charge in [-0.2, -0.15) is 0 Å². The Hall–Kier alpha value is -3.36. The molecule has 1 N–H and O–H groups in total. The lowest BCUT2D eigenvalue weighted by molar-refractivity contribution is -0.140. The average molecular weight is 584 g/mol. The lowest BCUT2D eigenvalue weighted by atomic mass is 10.1. The maximum Gasteiger partial charge on any atom is 0.264 e. The number of rotatable bonds is 11. The van der Waals surface area contributed by atoms with E-state index >= 15 is 0 Å². The van der Waals surface area contributed by atoms with Crippen LogP contribution in [0, 0.1) is 20.8 Å². The summed E-state index contributed by atoms with van der Waals surface area (Å²) in [6.07, 6.45) is 0.358. The molecule has 214 valence electrons. The number of benzene rings is 3. The summed E-state index contributed by atoms with van der Waals surface area (Å²) in [5.74, 6) is -0.785. The average Bonchev–Trinajstić information content (AvgIpc) is 2.89. The molecule has 0 aliphatic heterocycles. The Bertz CT molecular complexity index is 1460. The lowest BCUT2D eigenvalue weighted by Gasteiger charge is -2.34. The summed E-state index contributed by atoms with van der Waals surface area (Å²) >= 11 is 6.39. The normalized spacial score (nSPS) is 12.2. The molecule has 0 bridgehead atoms. The predicted molar refractivity (Wildman–Crippen MR) is 161 cm³/mol. The van der Waals surface area contributed by atoms with Crippen LogP contribution in [-0.4, -0.2) is 43.8 Å². The van der Waals surface area contributed by atoms with E-state index in [0.29, 0.717) is 11.4 Å². The molecule has 0 saturated heterocycles. The molecule has 0 aliphatic rings. The maximum absolute atomic E-state index is 14.1. The number of nitrogens with zero attached hydrogens (tertiary/aromatic N) is 2. The molecule has 1 atom stereocenters. The fourth-order valence-corrected chi connectivity index (χ4v) is 5.96. The van der Waals surface area contributed by atoms with Crippen LogP contribution in [0.2, 0.25) is 5.02 Å². The van der Waals surface area contributed by atoms with E-state index in [-0.39, 0.29) is 29.1 Å². The Balaban J connectivity index is 2.10. The summed E-state index contributed by atoms with van der Waals surface area (Å²) in [6, 6.07) is 18.1. The van der Waals surface area contributed by atoms with E-state index in [9.17, 15) is 18.0 Å². The molecule has 0 aliphatic carbocycles. The zero-order valence-electron chi connectivity index (χ0n) is 23.9. The van der Waals surface area contributed by atoms with Crippen molar-refractivity contribution in [2.75, 3.05) is 10.8 Å². The van der Waals surface area contributed by atoms with Gasteiger partial charge in [-0.1, -0.05) is 66.6 Å². The molecule has 3 rings (SSSR count). The number of nitrogens with one attached hydrogen (secondary N) is 1. The van der Waals surface area contributed by atoms with E-state index in [1.54, 1.807) is 30.3 Å². The zero-order valence-corrected chi connectivity index (χ0v) is 25.5. The Morgan fingerprint density at radius 1 is 0.925 bits per heavy atom. The molecule has 0 aromatic heterocycles. The second-order valence-corrected chi connectivity index (χ2v) is 12.6. The zero-order chi connectivity index (χ0) is 29.6. The number of carbonyl (C=O) groups excluding carboxylic acids is 2. The van der Waals surface area contributed by atoms with Crippen LogP contribution in [0.1, 0.15) is 49.4 Å². The van der Waals surface area contributed by atoms with Gasteiger partial charge in [0, 0.05) is 17.6 Å². The van der Waals surface area contributed by atoms with Crippen LogP contribution < -0.4 is 9.62 Å². The SMILES string of the molecule is CCC(C(=O)NC(C)C)N(Cc1ccccc1C)C(=O)CN(c1ccc(C)c(Cl)c1)S(=O)(=O)c1ccc(C)cc1. The molecule has 1 unspecified atom stereocenters. The molecule has 2 amide bonds. The molecule has 0 fully saturated rings. The molecule has 3 aromatic rings. The highest BCUT2D eigenvalue weighted by atomic mass is 35.5. The number of hydrogen-bond donors (Lipinski definition) is 1. The summed E-state index contributed by atoms with van der Waals surface area (Å²) in [4.78, 5) is 28.9. The van der Waals surface area contributed by atoms with Crippen molar-refractivity contribution < 1.29 is 18.0 Å². The van der Waals surface area contributed by atoms with Gasteiger partial charge in [-0.05, 0) is 82.0 Å². The fraction of sp³-hybridized carbons (Fsp3) is 0.355. The molecular weight excluding hydrogens is 546 g/mol. The number of carbonyl (C=O) groups is 2. The Morgan fingerprint density at radius 3 is 2.15 bits per heavy atom. The summed E-state index contributed by atoms with van der Waals surface area (Å²) in [6.45, 7) is 10.8. The maximum atomic E-state index is 14.1. The van der Waals surface area contributed by atoms with Gasteiger partial charge < -0.3 is 10.2 Å². The summed E-state index contributed by atoms with van der Waals surface area (Å²) < 4.78 is 29.0. The van der Waals surface area contributed by atoms with Gasteiger partial charge in [0.25, 0.3) is 10.0 Å². The van der Waals surface area contributed by atoms with Gasteiger partial charge in [0.2, 0.25) is 11.8 Å². The van der Waals surface area contributed by atoms with Crippen LogP contribution in [0.15, 0.2) is 71.6 Å². The largest absolute Gasteiger partial charge is 0.352 e. The van der Waals surface area contributed by atoms with Gasteiger partial charge in [-0.15, -0.1) is 0 Å². The second kappa shape index (κ2) is 13.3. The van der Waals surface area contributed by atoms with Gasteiger partial charge >= 0.3 is 0 Å². The number of amides is 2. The van der Waals surface area contributed by atoms with Crippen LogP contribution >= 0.6 is 11.6 Å². The van der Waals surface area contributed by atoms with E-state index in [0.717, 1.165) is 26.6 Å². The van der Waals surface area contributed by atoms with Gasteiger partial charge in [0.15, 0.2) is 0 Å². The van der Waals surface area contributed by atoms with Gasteiger partial charge in [-0.25, -0.2) is 8.42 Å². The molecular formula is C31H38ClN3O4S. The van der Waals surface area contributed by atoms with Crippen LogP contribution in [0.4, 0.5) is 5.69 Å². The van der Waals surface area contributed by atoms with Crippen LogP contribution in [0.5, 0.6) is 0 Å². The van der Waals surface area contributed by atoms with Crippen LogP contribution in [0.3, 0.4) is 0 Å². The molecule has 0 radical (unpaired) electrons. The molecule has 7 nitrogen and oxygen atoms in total. The minimum atomic E-state index is -4.16. The van der Waals surface area contributed by atoms with Crippen molar-refractivity contribution in [2.24, 2.45) is 0 Å². The highest BCUT2D eigenvalue weighted by molar-refractivity contribution is 7.92. The van der Waals surface area contributed by atoms with Crippen molar-refractivity contribution in [2.45, 2.75) is 71.5 Å². The molecule has 0 heterocycles. The Kier molecular flexibility index (Phi) is 10.4. The van der Waals surface area contributed by atoms with Crippen molar-refractivity contribution in [1.82, 2.24) is 10.2 Å². The van der Waals surface area contributed by atoms with Gasteiger partial charge in [0.05, 0.1) is 10.6 Å². The Labute approximate surface area is 243 Å². The third kappa shape index (κ3) is 7.43. The number of anilines is 1. The smallest absolute Gasteiger partial charge is 0.264 e. The number of hydrogen-bond acceptors (Lipinski definition) is 4. The molecule has 3 aromatic carbocycles. The topological polar surface area (TPSA) is 86.8 Å². The number of sulfonamides is 1. The summed E-state index contributed by atoms with van der Waals surface area (Å²) in [5.41, 5.74) is 3.79. The first-order chi connectivity index (χ1) is 18.8. The number of aryl methyl sites for hydroxylation is 3. The summed E-state index contributed by atoms with van der Waals surface area (Å²) in [5, 5.41) is 3.29. The Morgan fingerprint density at radius 2 is 1.57 bits per heavy atom. The van der Waals surface area contributed by atoms with E-state index < -0.39 is 28.5 Å². The predicted octanol–water partition coefficient (Wildman–Crippen LogP) is 5.79. The monoisotopic (exact) mass is 583 g/mol. The summed E-state index contributed by atoms with van der Waals surface area (Å²) in [7, 11) is -4.16. The standard InChI is InChI=1S/C31H38ClN3O4S/c1-7-29(31(37)33-21(2)3)34(19-25-11-9-8-10-23(25)5)30(36)20-35(26-15-14-24(6)28(32)18-26)40(38,39)27-16-12-22(4)13-17-27/h8-18,21,29H,7,19-20H2,1-6H3,(H,33,37). The van der Waals surface area contributed by atoms with E-state index in [1.165, 1.54) is 17.0 Å². The second-order valence-electron chi connectivity index (χ2n) is 10.3. The fourth-order valence-electron chi connectivity index (χ4n) is 4.37. The van der Waals surface area contributed by atoms with Crippen molar-refractivity contribution in [1.29, 1.82) is 0 Å². The van der Waals surface area contributed by atoms with Crippen molar-refractivity contribution in [3.63, 3.8) is 0 Å². The van der Waals surface area contributed by atoms with Crippen molar-refractivity contribution >= 4 is 39.1 Å². The third-order valence-corrected chi connectivity index (χ3v) is 8.95.